The first-order valence-corrected chi connectivity index (χ1v) is 36.8. The van der Waals surface area contributed by atoms with Crippen molar-refractivity contribution in [3.05, 3.63) is 175 Å². The van der Waals surface area contributed by atoms with Crippen molar-refractivity contribution in [2.24, 2.45) is 0 Å². The fourth-order valence-corrected chi connectivity index (χ4v) is 12.4. The van der Waals surface area contributed by atoms with E-state index in [1.807, 2.05) is 77.8 Å². The SMILES string of the molecule is CC(Oc1ccc(Cl)c(F)c1)c1cc(C(=O)N(C)CCN(C)C)cc2ncc(N3CCOCC3)nc12.CC(Oc1ccc(Cl)c(F)c1)c1cc(C(=O)N(C)CCN(C)C)cc2ncc(N3CCOCC3)nc12.CC(Oc1ccc(Cl)c(F)c1)c1cc(C(=O)N(C)CCN(C)C)cc2ncc(N3CCOCC3)nc12. The van der Waals surface area contributed by atoms with Crippen LogP contribution >= 0.6 is 34.8 Å². The van der Waals surface area contributed by atoms with Crippen LogP contribution in [0.3, 0.4) is 0 Å². The van der Waals surface area contributed by atoms with Crippen molar-refractivity contribution in [1.82, 2.24) is 59.3 Å². The number of benzene rings is 6. The van der Waals surface area contributed by atoms with E-state index in [0.29, 0.717) is 143 Å². The minimum Gasteiger partial charge on any atom is -0.486 e. The Morgan fingerprint density at radius 3 is 0.880 bits per heavy atom. The number of morpholine rings is 3. The maximum absolute atomic E-state index is 14.0. The van der Waals surface area contributed by atoms with Crippen LogP contribution in [-0.2, 0) is 14.2 Å². The summed E-state index contributed by atoms with van der Waals surface area (Å²) in [5.74, 6) is 1.14. The number of hydrogen-bond donors (Lipinski definition) is 0. The lowest BCUT2D eigenvalue weighted by atomic mass is 10.0. The van der Waals surface area contributed by atoms with Crippen LogP contribution in [0.1, 0.15) is 86.8 Å². The van der Waals surface area contributed by atoms with Crippen LogP contribution in [0.4, 0.5) is 30.6 Å². The minimum atomic E-state index is -0.563. The van der Waals surface area contributed by atoms with Crippen LogP contribution < -0.4 is 28.9 Å². The first-order valence-electron chi connectivity index (χ1n) is 35.6. The third-order valence-electron chi connectivity index (χ3n) is 18.4. The molecular formula is C78H93Cl3F3N15O9. The number of ether oxygens (including phenoxy) is 6. The molecule has 0 aliphatic carbocycles. The van der Waals surface area contributed by atoms with Crippen molar-refractivity contribution >= 4 is 103 Å². The molecule has 0 spiro atoms. The van der Waals surface area contributed by atoms with Crippen molar-refractivity contribution in [2.45, 2.75) is 39.1 Å². The van der Waals surface area contributed by atoms with Gasteiger partial charge in [0.2, 0.25) is 0 Å². The number of amides is 3. The summed E-state index contributed by atoms with van der Waals surface area (Å²) in [5, 5.41) is 0.0690. The molecular weight excluding hydrogens is 1450 g/mol. The third kappa shape index (κ3) is 21.5. The van der Waals surface area contributed by atoms with Crippen molar-refractivity contribution in [2.75, 3.05) is 196 Å². The third-order valence-corrected chi connectivity index (χ3v) is 19.3. The zero-order chi connectivity index (χ0) is 77.5. The monoisotopic (exact) mass is 1550 g/mol. The Morgan fingerprint density at radius 2 is 0.648 bits per heavy atom. The van der Waals surface area contributed by atoms with Gasteiger partial charge < -0.3 is 72.5 Å². The highest BCUT2D eigenvalue weighted by molar-refractivity contribution is 6.31. The van der Waals surface area contributed by atoms with Crippen molar-refractivity contribution in [3.8, 4) is 17.2 Å². The molecule has 0 saturated carbocycles. The molecule has 6 heterocycles. The topological polar surface area (TPSA) is 213 Å². The van der Waals surface area contributed by atoms with Crippen LogP contribution in [0.5, 0.6) is 17.2 Å². The number of aromatic nitrogens is 6. The Bertz CT molecular complexity index is 4160. The fourth-order valence-electron chi connectivity index (χ4n) is 12.0. The summed E-state index contributed by atoms with van der Waals surface area (Å²) in [6, 6.07) is 23.6. The zero-order valence-corrected chi connectivity index (χ0v) is 65.3. The maximum atomic E-state index is 14.0. The number of halogens is 6. The second-order valence-corrected chi connectivity index (χ2v) is 28.6. The van der Waals surface area contributed by atoms with Crippen molar-refractivity contribution < 1.29 is 56.0 Å². The van der Waals surface area contributed by atoms with E-state index in [4.69, 9.17) is 78.2 Å². The van der Waals surface area contributed by atoms with Crippen molar-refractivity contribution in [1.29, 1.82) is 0 Å². The van der Waals surface area contributed by atoms with Gasteiger partial charge in [0.1, 0.15) is 70.5 Å². The lowest BCUT2D eigenvalue weighted by Crippen LogP contribution is -2.36. The average molecular weight is 1550 g/mol. The van der Waals surface area contributed by atoms with Gasteiger partial charge in [-0.2, -0.15) is 0 Å². The lowest BCUT2D eigenvalue weighted by Gasteiger charge is -2.28. The summed E-state index contributed by atoms with van der Waals surface area (Å²) in [5.41, 5.74) is 7.21. The molecule has 108 heavy (non-hydrogen) atoms. The maximum Gasteiger partial charge on any atom is 0.253 e. The van der Waals surface area contributed by atoms with E-state index in [1.54, 1.807) is 109 Å². The summed E-state index contributed by atoms with van der Waals surface area (Å²) < 4.78 is 76.7. The molecule has 3 atom stereocenters. The Kier molecular flexibility index (Phi) is 28.6. The van der Waals surface area contributed by atoms with Crippen LogP contribution in [0.25, 0.3) is 33.1 Å². The van der Waals surface area contributed by atoms with Gasteiger partial charge in [0.25, 0.3) is 17.7 Å². The predicted octanol–water partition coefficient (Wildman–Crippen LogP) is 12.1. The Balaban J connectivity index is 0.000000173. The molecule has 3 amide bonds. The quantitative estimate of drug-likeness (QED) is 0.0550. The number of rotatable bonds is 24. The summed E-state index contributed by atoms with van der Waals surface area (Å²) in [7, 11) is 17.1. The number of fused-ring (bicyclic) bond motifs is 3. The zero-order valence-electron chi connectivity index (χ0n) is 63.0. The van der Waals surface area contributed by atoms with Crippen LogP contribution in [-0.4, -0.2) is 259 Å². The molecule has 3 fully saturated rings. The first-order chi connectivity index (χ1) is 51.7. The standard InChI is InChI=1S/3C26H31ClFN5O3/c3*1-17(36-19-5-6-21(27)22(28)15-19)20-13-18(26(34)32(4)8-7-31(2)3)14-23-25(20)30-24(16-29-23)33-9-11-35-12-10-33/h3*5-6,13-17H,7-12H2,1-4H3. The highest BCUT2D eigenvalue weighted by atomic mass is 35.5. The predicted molar refractivity (Wildman–Crippen MR) is 416 cm³/mol. The van der Waals surface area contributed by atoms with E-state index in [0.717, 1.165) is 76.4 Å². The fraction of sp³-hybridized carbons (Fsp3) is 0.423. The van der Waals surface area contributed by atoms with Gasteiger partial charge in [0.15, 0.2) is 0 Å². The largest absolute Gasteiger partial charge is 0.486 e. The van der Waals surface area contributed by atoms with Gasteiger partial charge in [-0.3, -0.25) is 29.3 Å². The second kappa shape index (κ2) is 37.9. The molecule has 3 saturated heterocycles. The molecule has 12 rings (SSSR count). The summed E-state index contributed by atoms with van der Waals surface area (Å²) in [4.78, 5) is 85.9. The Hall–Kier alpha value is -9.03. The second-order valence-electron chi connectivity index (χ2n) is 27.4. The molecule has 3 unspecified atom stereocenters. The lowest BCUT2D eigenvalue weighted by molar-refractivity contribution is 0.0778. The highest BCUT2D eigenvalue weighted by Gasteiger charge is 2.27. The van der Waals surface area contributed by atoms with E-state index in [2.05, 4.69) is 29.7 Å². The molecule has 0 radical (unpaired) electrons. The number of carbonyl (C=O) groups is 3. The molecule has 9 aromatic rings. The number of carbonyl (C=O) groups excluding carboxylic acids is 3. The number of anilines is 3. The van der Waals surface area contributed by atoms with E-state index < -0.39 is 35.8 Å². The summed E-state index contributed by atoms with van der Waals surface area (Å²) >= 11 is 17.5. The Labute approximate surface area is 643 Å². The van der Waals surface area contributed by atoms with Crippen LogP contribution in [0.15, 0.2) is 110 Å². The molecule has 0 N–H and O–H groups in total. The molecule has 3 aliphatic rings. The number of nitrogens with zero attached hydrogens (tertiary/aromatic N) is 15. The van der Waals surface area contributed by atoms with E-state index in [1.165, 1.54) is 36.4 Å². The van der Waals surface area contributed by atoms with E-state index in [-0.39, 0.29) is 32.8 Å². The van der Waals surface area contributed by atoms with Crippen LogP contribution in [0.2, 0.25) is 15.1 Å². The normalized spacial score (nSPS) is 14.8. The van der Waals surface area contributed by atoms with Gasteiger partial charge in [-0.05, 0) is 136 Å². The number of hydrogen-bond acceptors (Lipinski definition) is 21. The molecule has 3 aromatic heterocycles. The van der Waals surface area contributed by atoms with Gasteiger partial charge in [-0.1, -0.05) is 34.8 Å². The van der Waals surface area contributed by atoms with Gasteiger partial charge in [0, 0.05) is 151 Å². The van der Waals surface area contributed by atoms with Crippen LogP contribution in [0, 0.1) is 17.5 Å². The average Bonchev–Trinajstić information content (AvgIpc) is 0.787. The molecule has 3 aliphatic heterocycles. The van der Waals surface area contributed by atoms with E-state index >= 15 is 0 Å². The molecule has 576 valence electrons. The highest BCUT2D eigenvalue weighted by Crippen LogP contribution is 2.36. The smallest absolute Gasteiger partial charge is 0.253 e. The van der Waals surface area contributed by atoms with Gasteiger partial charge in [-0.25, -0.2) is 28.1 Å². The minimum absolute atomic E-state index is 0.0230. The van der Waals surface area contributed by atoms with Crippen molar-refractivity contribution in [3.63, 3.8) is 0 Å². The molecule has 30 heteroatoms. The van der Waals surface area contributed by atoms with Gasteiger partial charge in [-0.15, -0.1) is 0 Å². The van der Waals surface area contributed by atoms with E-state index in [9.17, 15) is 27.6 Å². The molecule has 0 bridgehead atoms. The van der Waals surface area contributed by atoms with Gasteiger partial charge >= 0.3 is 0 Å². The summed E-state index contributed by atoms with van der Waals surface area (Å²) in [6.07, 6.45) is 3.55. The summed E-state index contributed by atoms with van der Waals surface area (Å²) in [6.45, 7) is 17.6. The Morgan fingerprint density at radius 1 is 0.398 bits per heavy atom. The molecule has 6 aromatic carbocycles. The molecule has 24 nitrogen and oxygen atoms in total. The first kappa shape index (κ1) is 81.5. The van der Waals surface area contributed by atoms with Gasteiger partial charge in [0.05, 0.1) is 106 Å². The number of likely N-dealkylation sites (N-methyl/N-ethyl adjacent to an activating group) is 6.